The van der Waals surface area contributed by atoms with Crippen molar-refractivity contribution in [3.05, 3.63) is 95.4 Å². The number of imidazole rings is 1. The first kappa shape index (κ1) is 15.7. The molecule has 0 saturated heterocycles. The van der Waals surface area contributed by atoms with Crippen molar-refractivity contribution in [1.29, 1.82) is 0 Å². The average molecular weight is 396 g/mol. The summed E-state index contributed by atoms with van der Waals surface area (Å²) in [7, 11) is 0. The highest BCUT2D eigenvalue weighted by atomic mass is 15.1. The van der Waals surface area contributed by atoms with Gasteiger partial charge in [0.25, 0.3) is 0 Å². The van der Waals surface area contributed by atoms with E-state index < -0.39 is 0 Å². The van der Waals surface area contributed by atoms with Gasteiger partial charge in [-0.25, -0.2) is 4.98 Å². The van der Waals surface area contributed by atoms with E-state index in [9.17, 15) is 0 Å². The van der Waals surface area contributed by atoms with Crippen LogP contribution in [0.5, 0.6) is 0 Å². The van der Waals surface area contributed by atoms with Gasteiger partial charge in [0.1, 0.15) is 16.7 Å². The van der Waals surface area contributed by atoms with Crippen molar-refractivity contribution in [3.63, 3.8) is 0 Å². The van der Waals surface area contributed by atoms with Crippen LogP contribution < -0.4 is 0 Å². The molecule has 0 saturated carbocycles. The standard InChI is InChI=1S/C27H16N4/c1-2-6-17-15(5-1)13-20-18(17)10-9-16-14-22-25(23(16)20)30-27-19-7-3-11-28-24(19)26-21(31(22)27)8-4-12-29-26/h1-12H,13-14H2. The van der Waals surface area contributed by atoms with E-state index in [4.69, 9.17) is 4.98 Å². The predicted molar refractivity (Wildman–Crippen MR) is 122 cm³/mol. The number of benzene rings is 2. The molecule has 0 amide bonds. The molecule has 2 aromatic carbocycles. The van der Waals surface area contributed by atoms with Crippen molar-refractivity contribution in [3.8, 4) is 22.4 Å². The van der Waals surface area contributed by atoms with E-state index in [2.05, 4.69) is 62.9 Å². The van der Waals surface area contributed by atoms with Crippen molar-refractivity contribution in [2.75, 3.05) is 0 Å². The first-order valence-electron chi connectivity index (χ1n) is 10.6. The quantitative estimate of drug-likeness (QED) is 0.315. The van der Waals surface area contributed by atoms with Gasteiger partial charge in [-0.3, -0.25) is 14.4 Å². The average Bonchev–Trinajstić information content (AvgIpc) is 3.48. The molecule has 0 atom stereocenters. The van der Waals surface area contributed by atoms with Crippen LogP contribution in [-0.4, -0.2) is 19.4 Å². The van der Waals surface area contributed by atoms with Crippen molar-refractivity contribution in [2.45, 2.75) is 12.8 Å². The largest absolute Gasteiger partial charge is 0.293 e. The molecule has 0 aliphatic heterocycles. The topological polar surface area (TPSA) is 43.1 Å². The molecule has 4 aromatic heterocycles. The third kappa shape index (κ3) is 1.84. The fourth-order valence-electron chi connectivity index (χ4n) is 5.67. The van der Waals surface area contributed by atoms with Gasteiger partial charge in [-0.05, 0) is 58.5 Å². The third-order valence-corrected chi connectivity index (χ3v) is 6.94. The summed E-state index contributed by atoms with van der Waals surface area (Å²) in [6, 6.07) is 21.6. The van der Waals surface area contributed by atoms with Crippen LogP contribution in [-0.2, 0) is 12.8 Å². The van der Waals surface area contributed by atoms with Crippen LogP contribution in [0.3, 0.4) is 0 Å². The summed E-state index contributed by atoms with van der Waals surface area (Å²) >= 11 is 0. The summed E-state index contributed by atoms with van der Waals surface area (Å²) in [4.78, 5) is 14.6. The molecule has 0 bridgehead atoms. The van der Waals surface area contributed by atoms with Gasteiger partial charge in [-0.1, -0.05) is 36.4 Å². The van der Waals surface area contributed by atoms with Crippen LogP contribution in [0, 0.1) is 0 Å². The van der Waals surface area contributed by atoms with Crippen LogP contribution in [0.25, 0.3) is 50.0 Å². The Balaban J connectivity index is 1.52. The maximum absolute atomic E-state index is 5.25. The van der Waals surface area contributed by atoms with E-state index in [0.29, 0.717) is 0 Å². The zero-order valence-electron chi connectivity index (χ0n) is 16.6. The lowest BCUT2D eigenvalue weighted by molar-refractivity contribution is 1.09. The van der Waals surface area contributed by atoms with E-state index in [1.807, 2.05) is 24.5 Å². The van der Waals surface area contributed by atoms with E-state index in [-0.39, 0.29) is 0 Å². The molecule has 0 N–H and O–H groups in total. The molecule has 31 heavy (non-hydrogen) atoms. The summed E-state index contributed by atoms with van der Waals surface area (Å²) in [6.45, 7) is 0. The van der Waals surface area contributed by atoms with Crippen LogP contribution in [0.2, 0.25) is 0 Å². The Hall–Kier alpha value is -4.05. The number of fused-ring (bicyclic) bond motifs is 14. The fraction of sp³-hybridized carbons (Fsp3) is 0.0741. The van der Waals surface area contributed by atoms with Gasteiger partial charge in [0.2, 0.25) is 0 Å². The van der Waals surface area contributed by atoms with Gasteiger partial charge in [0, 0.05) is 29.8 Å². The zero-order valence-corrected chi connectivity index (χ0v) is 16.6. The van der Waals surface area contributed by atoms with Crippen molar-refractivity contribution in [1.82, 2.24) is 19.4 Å². The number of aromatic nitrogens is 4. The Bertz CT molecular complexity index is 1740. The molecule has 0 spiro atoms. The highest BCUT2D eigenvalue weighted by Gasteiger charge is 2.32. The summed E-state index contributed by atoms with van der Waals surface area (Å²) < 4.78 is 2.32. The van der Waals surface area contributed by atoms with Gasteiger partial charge in [-0.15, -0.1) is 0 Å². The summed E-state index contributed by atoms with van der Waals surface area (Å²) in [5.74, 6) is 0. The smallest absolute Gasteiger partial charge is 0.147 e. The Morgan fingerprint density at radius 2 is 1.58 bits per heavy atom. The molecule has 4 heterocycles. The summed E-state index contributed by atoms with van der Waals surface area (Å²) in [6.07, 6.45) is 5.55. The lowest BCUT2D eigenvalue weighted by Gasteiger charge is -2.09. The lowest BCUT2D eigenvalue weighted by Crippen LogP contribution is -1.98. The molecular weight excluding hydrogens is 380 g/mol. The Kier molecular flexibility index (Phi) is 2.72. The molecule has 0 radical (unpaired) electrons. The van der Waals surface area contributed by atoms with Crippen LogP contribution in [0.15, 0.2) is 73.1 Å². The van der Waals surface area contributed by atoms with Gasteiger partial charge in [0.15, 0.2) is 0 Å². The van der Waals surface area contributed by atoms with E-state index in [1.165, 1.54) is 39.1 Å². The van der Waals surface area contributed by atoms with E-state index in [1.54, 1.807) is 0 Å². The van der Waals surface area contributed by atoms with Gasteiger partial charge >= 0.3 is 0 Å². The molecule has 144 valence electrons. The molecule has 2 aliphatic rings. The number of hydrogen-bond acceptors (Lipinski definition) is 3. The molecule has 4 heteroatoms. The van der Waals surface area contributed by atoms with Crippen LogP contribution in [0.4, 0.5) is 0 Å². The minimum Gasteiger partial charge on any atom is -0.293 e. The summed E-state index contributed by atoms with van der Waals surface area (Å²) in [5.41, 5.74) is 14.6. The lowest BCUT2D eigenvalue weighted by atomic mass is 9.97. The Morgan fingerprint density at radius 3 is 2.55 bits per heavy atom. The minimum absolute atomic E-state index is 0.894. The maximum Gasteiger partial charge on any atom is 0.147 e. The maximum atomic E-state index is 5.25. The minimum atomic E-state index is 0.894. The first-order valence-corrected chi connectivity index (χ1v) is 10.6. The molecule has 8 rings (SSSR count). The second-order valence-electron chi connectivity index (χ2n) is 8.47. The van der Waals surface area contributed by atoms with Crippen LogP contribution in [0.1, 0.15) is 22.4 Å². The number of nitrogens with zero attached hydrogens (tertiary/aromatic N) is 4. The highest BCUT2D eigenvalue weighted by molar-refractivity contribution is 6.08. The second-order valence-corrected chi connectivity index (χ2v) is 8.47. The normalized spacial score (nSPS) is 13.5. The molecule has 6 aromatic rings. The van der Waals surface area contributed by atoms with Crippen molar-refractivity contribution >= 4 is 27.6 Å². The predicted octanol–water partition coefficient (Wildman–Crippen LogP) is 5.57. The Morgan fingerprint density at radius 1 is 0.710 bits per heavy atom. The highest BCUT2D eigenvalue weighted by Crippen LogP contribution is 2.48. The molecular formula is C27H16N4. The number of rotatable bonds is 0. The third-order valence-electron chi connectivity index (χ3n) is 6.94. The Labute approximate surface area is 177 Å². The van der Waals surface area contributed by atoms with Gasteiger partial charge < -0.3 is 0 Å². The van der Waals surface area contributed by atoms with Crippen molar-refractivity contribution < 1.29 is 0 Å². The second kappa shape index (κ2) is 5.35. The monoisotopic (exact) mass is 396 g/mol. The zero-order chi connectivity index (χ0) is 20.1. The SMILES string of the molecule is c1ccc2c(c1)Cc1c-2ccc2c1-c1nc3c4cccnc4c4ncccc4n3c1C2. The molecule has 0 fully saturated rings. The first-order chi connectivity index (χ1) is 15.4. The number of pyridine rings is 3. The molecule has 4 nitrogen and oxygen atoms in total. The van der Waals surface area contributed by atoms with E-state index in [0.717, 1.165) is 46.1 Å². The van der Waals surface area contributed by atoms with Crippen LogP contribution >= 0.6 is 0 Å². The number of hydrogen-bond donors (Lipinski definition) is 0. The van der Waals surface area contributed by atoms with Gasteiger partial charge in [0.05, 0.1) is 16.9 Å². The molecule has 0 unspecified atom stereocenters. The fourth-order valence-corrected chi connectivity index (χ4v) is 5.67. The van der Waals surface area contributed by atoms with Gasteiger partial charge in [-0.2, -0.15) is 0 Å². The molecule has 2 aliphatic carbocycles. The summed E-state index contributed by atoms with van der Waals surface area (Å²) in [5, 5.41) is 1.06. The van der Waals surface area contributed by atoms with Crippen molar-refractivity contribution in [2.24, 2.45) is 0 Å². The van der Waals surface area contributed by atoms with E-state index >= 15 is 0 Å².